The highest BCUT2D eigenvalue weighted by molar-refractivity contribution is 6.43. The van der Waals surface area contributed by atoms with Crippen molar-refractivity contribution in [1.82, 2.24) is 9.78 Å². The van der Waals surface area contributed by atoms with Crippen molar-refractivity contribution in [2.24, 2.45) is 0 Å². The molecule has 22 heavy (non-hydrogen) atoms. The van der Waals surface area contributed by atoms with Gasteiger partial charge in [-0.05, 0) is 44.5 Å². The van der Waals surface area contributed by atoms with Crippen LogP contribution in [0, 0.1) is 12.7 Å². The Hall–Kier alpha value is -2.70. The molecule has 6 nitrogen and oxygen atoms in total. The van der Waals surface area contributed by atoms with Gasteiger partial charge in [-0.3, -0.25) is 9.59 Å². The third-order valence-electron chi connectivity index (χ3n) is 2.91. The van der Waals surface area contributed by atoms with Crippen molar-refractivity contribution >= 4 is 23.3 Å². The molecule has 0 atom stereocenters. The number of amides is 2. The molecule has 0 spiro atoms. The van der Waals surface area contributed by atoms with E-state index in [1.807, 2.05) is 13.8 Å². The number of hydrogen-bond donors (Lipinski definition) is 2. The van der Waals surface area contributed by atoms with Crippen molar-refractivity contribution < 1.29 is 14.0 Å². The molecule has 0 radical (unpaired) electrons. The molecule has 2 aromatic rings. The van der Waals surface area contributed by atoms with Crippen LogP contribution in [0.3, 0.4) is 0 Å². The summed E-state index contributed by atoms with van der Waals surface area (Å²) >= 11 is 0. The number of halogens is 1. The largest absolute Gasteiger partial charge is 0.318 e. The first kappa shape index (κ1) is 15.7. The second kappa shape index (κ2) is 6.38. The summed E-state index contributed by atoms with van der Waals surface area (Å²) in [5.74, 6) is -1.77. The van der Waals surface area contributed by atoms with Crippen LogP contribution in [0.1, 0.15) is 25.5 Å². The van der Waals surface area contributed by atoms with E-state index in [4.69, 9.17) is 0 Å². The van der Waals surface area contributed by atoms with Crippen LogP contribution in [0.5, 0.6) is 0 Å². The fraction of sp³-hybridized carbons (Fsp3) is 0.267. The lowest BCUT2D eigenvalue weighted by atomic mass is 10.2. The van der Waals surface area contributed by atoms with E-state index in [1.165, 1.54) is 12.3 Å². The monoisotopic (exact) mass is 304 g/mol. The Bertz CT molecular complexity index is 689. The number of nitrogens with one attached hydrogen (secondary N) is 2. The Morgan fingerprint density at radius 2 is 1.86 bits per heavy atom. The summed E-state index contributed by atoms with van der Waals surface area (Å²) in [6.07, 6.45) is 1.53. The van der Waals surface area contributed by atoms with E-state index in [1.54, 1.807) is 23.7 Å². The average Bonchev–Trinajstić information content (AvgIpc) is 2.85. The SMILES string of the molecule is Cc1cc(F)cc(NC(=O)C(=O)Nc2ccnn2C(C)C)c1. The van der Waals surface area contributed by atoms with Gasteiger partial charge in [0.2, 0.25) is 0 Å². The number of aromatic nitrogens is 2. The topological polar surface area (TPSA) is 76.0 Å². The molecule has 0 bridgehead atoms. The predicted octanol–water partition coefficient (Wildman–Crippen LogP) is 2.49. The molecule has 2 rings (SSSR count). The molecule has 0 fully saturated rings. The van der Waals surface area contributed by atoms with Gasteiger partial charge in [0, 0.05) is 17.8 Å². The number of rotatable bonds is 3. The molecule has 116 valence electrons. The van der Waals surface area contributed by atoms with Gasteiger partial charge in [-0.15, -0.1) is 0 Å². The third-order valence-corrected chi connectivity index (χ3v) is 2.91. The Morgan fingerprint density at radius 3 is 2.50 bits per heavy atom. The lowest BCUT2D eigenvalue weighted by Gasteiger charge is -2.12. The number of carbonyl (C=O) groups is 2. The van der Waals surface area contributed by atoms with E-state index in [2.05, 4.69) is 15.7 Å². The van der Waals surface area contributed by atoms with Crippen molar-refractivity contribution in [3.8, 4) is 0 Å². The second-order valence-corrected chi connectivity index (χ2v) is 5.18. The summed E-state index contributed by atoms with van der Waals surface area (Å²) in [5.41, 5.74) is 0.878. The van der Waals surface area contributed by atoms with Gasteiger partial charge in [0.05, 0.1) is 6.20 Å². The van der Waals surface area contributed by atoms with Crippen LogP contribution in [0.4, 0.5) is 15.9 Å². The van der Waals surface area contributed by atoms with Crippen LogP contribution in [0.15, 0.2) is 30.5 Å². The van der Waals surface area contributed by atoms with Gasteiger partial charge in [-0.25, -0.2) is 9.07 Å². The van der Waals surface area contributed by atoms with E-state index in [9.17, 15) is 14.0 Å². The van der Waals surface area contributed by atoms with E-state index >= 15 is 0 Å². The third kappa shape index (κ3) is 3.69. The maximum absolute atomic E-state index is 13.3. The van der Waals surface area contributed by atoms with Gasteiger partial charge in [0.25, 0.3) is 0 Å². The Kier molecular flexibility index (Phi) is 4.55. The first-order chi connectivity index (χ1) is 10.4. The number of carbonyl (C=O) groups excluding carboxylic acids is 2. The number of benzene rings is 1. The molecular weight excluding hydrogens is 287 g/mol. The molecule has 0 aliphatic heterocycles. The molecule has 0 saturated heterocycles. The Labute approximate surface area is 127 Å². The molecular formula is C15H17FN4O2. The highest BCUT2D eigenvalue weighted by Crippen LogP contribution is 2.15. The zero-order valence-corrected chi connectivity index (χ0v) is 12.6. The smallest absolute Gasteiger partial charge is 0.315 e. The molecule has 0 saturated carbocycles. The number of nitrogens with zero attached hydrogens (tertiary/aromatic N) is 2. The van der Waals surface area contributed by atoms with Gasteiger partial charge >= 0.3 is 11.8 Å². The van der Waals surface area contributed by atoms with E-state index < -0.39 is 17.6 Å². The summed E-state index contributed by atoms with van der Waals surface area (Å²) in [7, 11) is 0. The average molecular weight is 304 g/mol. The highest BCUT2D eigenvalue weighted by Gasteiger charge is 2.17. The van der Waals surface area contributed by atoms with Crippen molar-refractivity contribution in [2.45, 2.75) is 26.8 Å². The summed E-state index contributed by atoms with van der Waals surface area (Å²) in [6, 6.07) is 5.69. The van der Waals surface area contributed by atoms with Crippen LogP contribution in [-0.4, -0.2) is 21.6 Å². The van der Waals surface area contributed by atoms with E-state index in [0.29, 0.717) is 11.4 Å². The van der Waals surface area contributed by atoms with Crippen molar-refractivity contribution in [2.75, 3.05) is 10.6 Å². The number of anilines is 2. The maximum atomic E-state index is 13.3. The van der Waals surface area contributed by atoms with Crippen LogP contribution in [0.25, 0.3) is 0 Å². The second-order valence-electron chi connectivity index (χ2n) is 5.18. The summed E-state index contributed by atoms with van der Waals surface area (Å²) in [4.78, 5) is 23.8. The van der Waals surface area contributed by atoms with Gasteiger partial charge in [-0.1, -0.05) is 0 Å². The fourth-order valence-electron chi connectivity index (χ4n) is 1.99. The molecule has 0 unspecified atom stereocenters. The zero-order valence-electron chi connectivity index (χ0n) is 12.6. The predicted molar refractivity (Wildman–Crippen MR) is 81.0 cm³/mol. The highest BCUT2D eigenvalue weighted by atomic mass is 19.1. The van der Waals surface area contributed by atoms with Gasteiger partial charge in [0.15, 0.2) is 0 Å². The maximum Gasteiger partial charge on any atom is 0.315 e. The van der Waals surface area contributed by atoms with E-state index in [-0.39, 0.29) is 11.7 Å². The van der Waals surface area contributed by atoms with Crippen LogP contribution in [-0.2, 0) is 9.59 Å². The Balaban J connectivity index is 2.06. The fourth-order valence-corrected chi connectivity index (χ4v) is 1.99. The summed E-state index contributed by atoms with van der Waals surface area (Å²) in [5, 5.41) is 8.90. The molecule has 2 amide bonds. The van der Waals surface area contributed by atoms with Crippen molar-refractivity contribution in [3.63, 3.8) is 0 Å². The molecule has 0 aliphatic carbocycles. The first-order valence-electron chi connectivity index (χ1n) is 6.80. The normalized spacial score (nSPS) is 10.6. The van der Waals surface area contributed by atoms with Crippen LogP contribution < -0.4 is 10.6 Å². The van der Waals surface area contributed by atoms with Crippen LogP contribution in [0.2, 0.25) is 0 Å². The van der Waals surface area contributed by atoms with Gasteiger partial charge in [0.1, 0.15) is 11.6 Å². The molecule has 2 N–H and O–H groups in total. The minimum absolute atomic E-state index is 0.0410. The van der Waals surface area contributed by atoms with Gasteiger partial charge < -0.3 is 10.6 Å². The minimum Gasteiger partial charge on any atom is -0.318 e. The lowest BCUT2D eigenvalue weighted by Crippen LogP contribution is -2.30. The standard InChI is InChI=1S/C15H17FN4O2/c1-9(2)20-13(4-5-17-20)19-15(22)14(21)18-12-7-10(3)6-11(16)8-12/h4-9H,1-3H3,(H,18,21)(H,19,22). The first-order valence-corrected chi connectivity index (χ1v) is 6.80. The molecule has 1 heterocycles. The van der Waals surface area contributed by atoms with E-state index in [0.717, 1.165) is 6.07 Å². The summed E-state index contributed by atoms with van der Waals surface area (Å²) < 4.78 is 14.8. The van der Waals surface area contributed by atoms with Crippen molar-refractivity contribution in [3.05, 3.63) is 41.8 Å². The quantitative estimate of drug-likeness (QED) is 0.855. The van der Waals surface area contributed by atoms with Crippen LogP contribution >= 0.6 is 0 Å². The Morgan fingerprint density at radius 1 is 1.18 bits per heavy atom. The molecule has 1 aromatic heterocycles. The molecule has 7 heteroatoms. The van der Waals surface area contributed by atoms with Gasteiger partial charge in [-0.2, -0.15) is 5.10 Å². The number of hydrogen-bond acceptors (Lipinski definition) is 3. The lowest BCUT2D eigenvalue weighted by molar-refractivity contribution is -0.133. The summed E-state index contributed by atoms with van der Waals surface area (Å²) in [6.45, 7) is 5.50. The van der Waals surface area contributed by atoms with Crippen molar-refractivity contribution in [1.29, 1.82) is 0 Å². The number of aryl methyl sites for hydroxylation is 1. The molecule has 1 aromatic carbocycles. The zero-order chi connectivity index (χ0) is 16.3. The minimum atomic E-state index is -0.874. The molecule has 0 aliphatic rings.